The van der Waals surface area contributed by atoms with E-state index in [1.54, 1.807) is 19.1 Å². The van der Waals surface area contributed by atoms with E-state index >= 15 is 0 Å². The van der Waals surface area contributed by atoms with Gasteiger partial charge in [-0.25, -0.2) is 0 Å². The normalized spacial score (nSPS) is 17.8. The summed E-state index contributed by atoms with van der Waals surface area (Å²) < 4.78 is 5.33. The van der Waals surface area contributed by atoms with E-state index in [2.05, 4.69) is 10.6 Å². The Morgan fingerprint density at radius 2 is 1.90 bits per heavy atom. The zero-order valence-corrected chi connectivity index (χ0v) is 17.6. The minimum atomic E-state index is -0.482. The number of non-ortho nitro benzene ring substituents is 1. The quantitative estimate of drug-likeness (QED) is 0.412. The van der Waals surface area contributed by atoms with Gasteiger partial charge in [0.25, 0.3) is 11.6 Å². The van der Waals surface area contributed by atoms with E-state index in [9.17, 15) is 14.9 Å². The Morgan fingerprint density at radius 3 is 2.57 bits per heavy atom. The summed E-state index contributed by atoms with van der Waals surface area (Å²) in [6.45, 7) is 0. The van der Waals surface area contributed by atoms with E-state index in [4.69, 9.17) is 17.0 Å². The number of rotatable bonds is 6. The molecule has 3 rings (SSSR count). The molecular formula is C21H24N4O4S. The van der Waals surface area contributed by atoms with E-state index < -0.39 is 4.92 Å². The summed E-state index contributed by atoms with van der Waals surface area (Å²) in [5.41, 5.74) is 1.15. The van der Waals surface area contributed by atoms with Gasteiger partial charge >= 0.3 is 0 Å². The fourth-order valence-electron chi connectivity index (χ4n) is 3.73. The van der Waals surface area contributed by atoms with Crippen molar-refractivity contribution in [2.75, 3.05) is 19.5 Å². The van der Waals surface area contributed by atoms with Crippen molar-refractivity contribution < 1.29 is 14.5 Å². The monoisotopic (exact) mass is 428 g/mol. The first kappa shape index (κ1) is 21.5. The number of carbonyl (C=O) groups excluding carboxylic acids is 1. The molecule has 0 saturated heterocycles. The highest BCUT2D eigenvalue weighted by Gasteiger charge is 2.33. The summed E-state index contributed by atoms with van der Waals surface area (Å²) in [5, 5.41) is 17.8. The van der Waals surface area contributed by atoms with Crippen LogP contribution in [0.1, 0.15) is 29.6 Å². The number of thiocarbonyl (C=S) groups is 1. The second-order valence-electron chi connectivity index (χ2n) is 7.12. The molecule has 0 aliphatic heterocycles. The molecule has 0 spiro atoms. The maximum atomic E-state index is 12.9. The van der Waals surface area contributed by atoms with E-state index in [1.165, 1.54) is 24.3 Å². The van der Waals surface area contributed by atoms with Gasteiger partial charge in [0.15, 0.2) is 5.11 Å². The van der Waals surface area contributed by atoms with Crippen LogP contribution in [0, 0.1) is 10.1 Å². The standard InChI is InChI=1S/C21H24N4O4S/c1-24(20(26)14-10-12-15(13-11-14)25(27)28)18-8-5-7-16(18)22-21(30)23-17-6-3-4-9-19(17)29-2/h3-4,6,9-13,16,18H,5,7-8H2,1-2H3,(H2,22,23,30). The average Bonchev–Trinajstić information content (AvgIpc) is 3.21. The third-order valence-electron chi connectivity index (χ3n) is 5.29. The Bertz CT molecular complexity index is 935. The largest absolute Gasteiger partial charge is 0.495 e. The molecule has 158 valence electrons. The first-order chi connectivity index (χ1) is 14.4. The molecule has 2 atom stereocenters. The number of methoxy groups -OCH3 is 1. The summed E-state index contributed by atoms with van der Waals surface area (Å²) in [4.78, 5) is 24.9. The number of ether oxygens (including phenoxy) is 1. The van der Waals surface area contributed by atoms with Gasteiger partial charge in [-0.3, -0.25) is 14.9 Å². The van der Waals surface area contributed by atoms with Crippen molar-refractivity contribution >= 4 is 34.6 Å². The van der Waals surface area contributed by atoms with Crippen LogP contribution in [-0.4, -0.2) is 47.1 Å². The Kier molecular flexibility index (Phi) is 6.83. The van der Waals surface area contributed by atoms with Crippen LogP contribution in [-0.2, 0) is 0 Å². The van der Waals surface area contributed by atoms with Gasteiger partial charge in [0.1, 0.15) is 5.75 Å². The van der Waals surface area contributed by atoms with Gasteiger partial charge in [-0.15, -0.1) is 0 Å². The summed E-state index contributed by atoms with van der Waals surface area (Å²) in [7, 11) is 3.36. The molecule has 8 nitrogen and oxygen atoms in total. The molecule has 0 radical (unpaired) electrons. The van der Waals surface area contributed by atoms with E-state index in [0.29, 0.717) is 16.4 Å². The highest BCUT2D eigenvalue weighted by Crippen LogP contribution is 2.26. The molecule has 1 amide bonds. The molecule has 2 aromatic carbocycles. The smallest absolute Gasteiger partial charge is 0.269 e. The summed E-state index contributed by atoms with van der Waals surface area (Å²) in [5.74, 6) is 0.516. The fraction of sp³-hybridized carbons (Fsp3) is 0.333. The summed E-state index contributed by atoms with van der Waals surface area (Å²) >= 11 is 5.47. The van der Waals surface area contributed by atoms with E-state index in [1.807, 2.05) is 24.3 Å². The van der Waals surface area contributed by atoms with Crippen molar-refractivity contribution in [2.24, 2.45) is 0 Å². The topological polar surface area (TPSA) is 96.7 Å². The number of nitro groups is 1. The van der Waals surface area contributed by atoms with Gasteiger partial charge in [-0.2, -0.15) is 0 Å². The molecule has 0 aromatic heterocycles. The van der Waals surface area contributed by atoms with Gasteiger partial charge in [0, 0.05) is 30.8 Å². The Morgan fingerprint density at radius 1 is 1.20 bits per heavy atom. The number of hydrogen-bond donors (Lipinski definition) is 2. The van der Waals surface area contributed by atoms with Gasteiger partial charge in [0.05, 0.1) is 23.8 Å². The molecule has 2 unspecified atom stereocenters. The van der Waals surface area contributed by atoms with Gasteiger partial charge < -0.3 is 20.3 Å². The number of para-hydroxylation sites is 2. The third-order valence-corrected chi connectivity index (χ3v) is 5.51. The molecule has 0 bridgehead atoms. The van der Waals surface area contributed by atoms with Crippen molar-refractivity contribution in [3.63, 3.8) is 0 Å². The van der Waals surface area contributed by atoms with E-state index in [-0.39, 0.29) is 23.7 Å². The van der Waals surface area contributed by atoms with Gasteiger partial charge in [-0.05, 0) is 55.7 Å². The molecular weight excluding hydrogens is 404 g/mol. The second kappa shape index (κ2) is 9.53. The first-order valence-electron chi connectivity index (χ1n) is 9.63. The Labute approximate surface area is 180 Å². The first-order valence-corrected chi connectivity index (χ1v) is 10.0. The van der Waals surface area contributed by atoms with Crippen LogP contribution in [0.3, 0.4) is 0 Å². The second-order valence-corrected chi connectivity index (χ2v) is 7.53. The number of benzene rings is 2. The molecule has 2 aromatic rings. The molecule has 30 heavy (non-hydrogen) atoms. The maximum absolute atomic E-state index is 12.9. The SMILES string of the molecule is COc1ccccc1NC(=S)NC1CCCC1N(C)C(=O)c1ccc([N+](=O)[O-])cc1. The van der Waals surface area contributed by atoms with Crippen molar-refractivity contribution in [3.05, 3.63) is 64.2 Å². The molecule has 1 aliphatic rings. The van der Waals surface area contributed by atoms with E-state index in [0.717, 1.165) is 24.9 Å². The number of anilines is 1. The number of likely N-dealkylation sites (N-methyl/N-ethyl adjacent to an activating group) is 1. The molecule has 1 fully saturated rings. The highest BCUT2D eigenvalue weighted by molar-refractivity contribution is 7.80. The lowest BCUT2D eigenvalue weighted by molar-refractivity contribution is -0.384. The molecule has 1 aliphatic carbocycles. The van der Waals surface area contributed by atoms with Crippen molar-refractivity contribution in [3.8, 4) is 5.75 Å². The van der Waals surface area contributed by atoms with Gasteiger partial charge in [-0.1, -0.05) is 12.1 Å². The number of amides is 1. The van der Waals surface area contributed by atoms with Gasteiger partial charge in [0.2, 0.25) is 0 Å². The number of nitrogens with one attached hydrogen (secondary N) is 2. The predicted molar refractivity (Wildman–Crippen MR) is 119 cm³/mol. The highest BCUT2D eigenvalue weighted by atomic mass is 32.1. The van der Waals surface area contributed by atoms with Crippen LogP contribution in [0.2, 0.25) is 0 Å². The average molecular weight is 429 g/mol. The number of nitro benzene ring substituents is 1. The molecule has 0 heterocycles. The van der Waals surface area contributed by atoms with Crippen LogP contribution in [0.4, 0.5) is 11.4 Å². The molecule has 1 saturated carbocycles. The Balaban J connectivity index is 1.64. The molecule has 2 N–H and O–H groups in total. The predicted octanol–water partition coefficient (Wildman–Crippen LogP) is 3.58. The zero-order valence-electron chi connectivity index (χ0n) is 16.8. The van der Waals surface area contributed by atoms with Crippen LogP contribution in [0.25, 0.3) is 0 Å². The van der Waals surface area contributed by atoms with Crippen LogP contribution in [0.5, 0.6) is 5.75 Å². The molecule has 9 heteroatoms. The lowest BCUT2D eigenvalue weighted by Gasteiger charge is -2.31. The zero-order chi connectivity index (χ0) is 21.7. The number of nitrogens with zero attached hydrogens (tertiary/aromatic N) is 2. The van der Waals surface area contributed by atoms with Crippen molar-refractivity contribution in [1.29, 1.82) is 0 Å². The summed E-state index contributed by atoms with van der Waals surface area (Å²) in [6, 6.07) is 13.1. The third kappa shape index (κ3) is 4.85. The van der Waals surface area contributed by atoms with Crippen molar-refractivity contribution in [2.45, 2.75) is 31.3 Å². The van der Waals surface area contributed by atoms with Crippen LogP contribution < -0.4 is 15.4 Å². The lowest BCUT2D eigenvalue weighted by Crippen LogP contribution is -2.50. The van der Waals surface area contributed by atoms with Crippen LogP contribution >= 0.6 is 12.2 Å². The number of carbonyl (C=O) groups is 1. The lowest BCUT2D eigenvalue weighted by atomic mass is 10.1. The Hall–Kier alpha value is -3.20. The summed E-state index contributed by atoms with van der Waals surface area (Å²) in [6.07, 6.45) is 2.71. The fourth-order valence-corrected chi connectivity index (χ4v) is 3.99. The van der Waals surface area contributed by atoms with Crippen LogP contribution in [0.15, 0.2) is 48.5 Å². The van der Waals surface area contributed by atoms with Crippen molar-refractivity contribution in [1.82, 2.24) is 10.2 Å². The maximum Gasteiger partial charge on any atom is 0.269 e. The minimum absolute atomic E-state index is 0.00621. The minimum Gasteiger partial charge on any atom is -0.495 e. The number of hydrogen-bond acceptors (Lipinski definition) is 5.